The van der Waals surface area contributed by atoms with E-state index in [1.165, 1.54) is 25.0 Å². The van der Waals surface area contributed by atoms with E-state index in [4.69, 9.17) is 0 Å². The lowest BCUT2D eigenvalue weighted by Crippen LogP contribution is -2.59. The van der Waals surface area contributed by atoms with Crippen LogP contribution < -0.4 is 0 Å². The molecule has 0 spiro atoms. The van der Waals surface area contributed by atoms with Gasteiger partial charge in [-0.25, -0.2) is 0 Å². The molecule has 2 aliphatic rings. The lowest BCUT2D eigenvalue weighted by molar-refractivity contribution is -0.384. The summed E-state index contributed by atoms with van der Waals surface area (Å²) < 4.78 is 0. The third kappa shape index (κ3) is 4.82. The molecule has 0 aliphatic carbocycles. The van der Waals surface area contributed by atoms with E-state index in [2.05, 4.69) is 4.90 Å². The van der Waals surface area contributed by atoms with Crippen LogP contribution in [-0.4, -0.2) is 76.7 Å². The Morgan fingerprint density at radius 2 is 1.93 bits per heavy atom. The number of hydrogen-bond acceptors (Lipinski definition) is 5. The van der Waals surface area contributed by atoms with E-state index >= 15 is 0 Å². The van der Waals surface area contributed by atoms with Crippen LogP contribution >= 0.6 is 0 Å². The van der Waals surface area contributed by atoms with Crippen LogP contribution in [0.4, 0.5) is 5.69 Å². The van der Waals surface area contributed by atoms with Crippen LogP contribution in [0.15, 0.2) is 24.3 Å². The second-order valence-corrected chi connectivity index (χ2v) is 7.32. The maximum atomic E-state index is 12.7. The minimum atomic E-state index is -0.453. The maximum absolute atomic E-state index is 12.7. The van der Waals surface area contributed by atoms with Gasteiger partial charge in [0.2, 0.25) is 11.8 Å². The van der Waals surface area contributed by atoms with Crippen LogP contribution in [0, 0.1) is 10.1 Å². The van der Waals surface area contributed by atoms with Gasteiger partial charge in [-0.05, 0) is 31.5 Å². The molecule has 0 radical (unpaired) electrons. The zero-order valence-electron chi connectivity index (χ0n) is 15.7. The summed E-state index contributed by atoms with van der Waals surface area (Å²) in [5.41, 5.74) is 0.632. The van der Waals surface area contributed by atoms with Gasteiger partial charge in [-0.1, -0.05) is 12.1 Å². The Bertz CT molecular complexity index is 717. The number of nitrogens with zero attached hydrogens (tertiary/aromatic N) is 4. The predicted molar refractivity (Wildman–Crippen MR) is 100 cm³/mol. The highest BCUT2D eigenvalue weighted by molar-refractivity contribution is 5.80. The molecule has 8 heteroatoms. The van der Waals surface area contributed by atoms with Gasteiger partial charge in [-0.3, -0.25) is 19.7 Å². The minimum absolute atomic E-state index is 0.00316. The summed E-state index contributed by atoms with van der Waals surface area (Å²) >= 11 is 0. The number of amides is 2. The molecule has 1 unspecified atom stereocenters. The summed E-state index contributed by atoms with van der Waals surface area (Å²) in [4.78, 5) is 41.2. The molecule has 1 atom stereocenters. The van der Waals surface area contributed by atoms with E-state index in [0.29, 0.717) is 25.2 Å². The summed E-state index contributed by atoms with van der Waals surface area (Å²) in [7, 11) is 0. The Morgan fingerprint density at radius 1 is 1.19 bits per heavy atom. The number of hydrogen-bond donors (Lipinski definition) is 0. The van der Waals surface area contributed by atoms with E-state index < -0.39 is 4.92 Å². The molecular weight excluding hydrogens is 348 g/mol. The van der Waals surface area contributed by atoms with Crippen molar-refractivity contribution in [3.8, 4) is 0 Å². The zero-order valence-corrected chi connectivity index (χ0v) is 15.7. The number of non-ortho nitro benzene ring substituents is 1. The Kier molecular flexibility index (Phi) is 6.05. The average Bonchev–Trinajstić information content (AvgIpc) is 3.14. The highest BCUT2D eigenvalue weighted by Gasteiger charge is 2.32. The van der Waals surface area contributed by atoms with E-state index in [0.717, 1.165) is 19.6 Å². The first-order valence-corrected chi connectivity index (χ1v) is 9.44. The van der Waals surface area contributed by atoms with Gasteiger partial charge in [-0.15, -0.1) is 0 Å². The average molecular weight is 374 g/mol. The first kappa shape index (κ1) is 19.3. The van der Waals surface area contributed by atoms with Gasteiger partial charge in [0.25, 0.3) is 5.69 Å². The van der Waals surface area contributed by atoms with Crippen LogP contribution in [0.3, 0.4) is 0 Å². The summed E-state index contributed by atoms with van der Waals surface area (Å²) in [5.74, 6) is -0.00454. The zero-order chi connectivity index (χ0) is 19.4. The standard InChI is InChI=1S/C19H26N4O4/c1-15(24)22-10-9-21(14-18(22)13-20-7-2-3-8-20)19(25)12-16-5-4-6-17(11-16)23(26)27/h4-6,11,18H,2-3,7-10,12-14H2,1H3. The van der Waals surface area contributed by atoms with Gasteiger partial charge in [0.05, 0.1) is 17.4 Å². The van der Waals surface area contributed by atoms with Crippen molar-refractivity contribution in [3.05, 3.63) is 39.9 Å². The van der Waals surface area contributed by atoms with Crippen LogP contribution in [0.5, 0.6) is 0 Å². The number of likely N-dealkylation sites (tertiary alicyclic amines) is 1. The molecule has 2 heterocycles. The van der Waals surface area contributed by atoms with Gasteiger partial charge >= 0.3 is 0 Å². The molecule has 2 aliphatic heterocycles. The molecule has 27 heavy (non-hydrogen) atoms. The second-order valence-electron chi connectivity index (χ2n) is 7.32. The van der Waals surface area contributed by atoms with Crippen molar-refractivity contribution in [1.29, 1.82) is 0 Å². The van der Waals surface area contributed by atoms with Crippen molar-refractivity contribution in [2.45, 2.75) is 32.2 Å². The fourth-order valence-electron chi connectivity index (χ4n) is 3.98. The fraction of sp³-hybridized carbons (Fsp3) is 0.579. The summed E-state index contributed by atoms with van der Waals surface area (Å²) in [5, 5.41) is 10.9. The molecule has 3 rings (SSSR count). The molecule has 146 valence electrons. The molecule has 1 aromatic carbocycles. The Labute approximate surface area is 158 Å². The molecular formula is C19H26N4O4. The molecule has 1 aromatic rings. The molecule has 0 bridgehead atoms. The van der Waals surface area contributed by atoms with Crippen LogP contribution in [-0.2, 0) is 16.0 Å². The Balaban J connectivity index is 1.65. The smallest absolute Gasteiger partial charge is 0.269 e. The molecule has 2 amide bonds. The van der Waals surface area contributed by atoms with E-state index in [-0.39, 0.29) is 30.0 Å². The normalized spacial score (nSPS) is 20.7. The highest BCUT2D eigenvalue weighted by atomic mass is 16.6. The lowest BCUT2D eigenvalue weighted by atomic mass is 10.1. The summed E-state index contributed by atoms with van der Waals surface area (Å²) in [6.07, 6.45) is 2.50. The monoisotopic (exact) mass is 374 g/mol. The quantitative estimate of drug-likeness (QED) is 0.573. The van der Waals surface area contributed by atoms with E-state index in [9.17, 15) is 19.7 Å². The molecule has 2 saturated heterocycles. The third-order valence-corrected chi connectivity index (χ3v) is 5.38. The number of nitro benzene ring substituents is 1. The van der Waals surface area contributed by atoms with E-state index in [1.807, 2.05) is 4.90 Å². The van der Waals surface area contributed by atoms with Crippen LogP contribution in [0.25, 0.3) is 0 Å². The SMILES string of the molecule is CC(=O)N1CCN(C(=O)Cc2cccc([N+](=O)[O-])c2)CC1CN1CCCC1. The number of piperazine rings is 1. The Hall–Kier alpha value is -2.48. The van der Waals surface area contributed by atoms with Crippen molar-refractivity contribution < 1.29 is 14.5 Å². The van der Waals surface area contributed by atoms with Crippen molar-refractivity contribution in [3.63, 3.8) is 0 Å². The van der Waals surface area contributed by atoms with Gasteiger partial charge < -0.3 is 14.7 Å². The fourth-order valence-corrected chi connectivity index (χ4v) is 3.98. The largest absolute Gasteiger partial charge is 0.339 e. The van der Waals surface area contributed by atoms with E-state index in [1.54, 1.807) is 24.0 Å². The summed E-state index contributed by atoms with van der Waals surface area (Å²) in [6, 6.07) is 6.21. The highest BCUT2D eigenvalue weighted by Crippen LogP contribution is 2.18. The number of rotatable bonds is 5. The van der Waals surface area contributed by atoms with Crippen molar-refractivity contribution in [1.82, 2.24) is 14.7 Å². The molecule has 0 saturated carbocycles. The first-order valence-electron chi connectivity index (χ1n) is 9.44. The second kappa shape index (κ2) is 8.47. The summed E-state index contributed by atoms with van der Waals surface area (Å²) in [6.45, 7) is 6.02. The van der Waals surface area contributed by atoms with Gasteiger partial charge in [0.15, 0.2) is 0 Å². The number of benzene rings is 1. The van der Waals surface area contributed by atoms with Crippen molar-refractivity contribution in [2.24, 2.45) is 0 Å². The molecule has 0 N–H and O–H groups in total. The Morgan fingerprint density at radius 3 is 2.59 bits per heavy atom. The van der Waals surface area contributed by atoms with Crippen LogP contribution in [0.2, 0.25) is 0 Å². The number of nitro groups is 1. The lowest BCUT2D eigenvalue weighted by Gasteiger charge is -2.42. The van der Waals surface area contributed by atoms with Crippen molar-refractivity contribution in [2.75, 3.05) is 39.3 Å². The molecule has 0 aromatic heterocycles. The van der Waals surface area contributed by atoms with Crippen molar-refractivity contribution >= 4 is 17.5 Å². The first-order chi connectivity index (χ1) is 12.9. The number of carbonyl (C=O) groups is 2. The predicted octanol–water partition coefficient (Wildman–Crippen LogP) is 1.29. The third-order valence-electron chi connectivity index (χ3n) is 5.38. The van der Waals surface area contributed by atoms with Gasteiger partial charge in [0, 0.05) is 45.2 Å². The van der Waals surface area contributed by atoms with Gasteiger partial charge in [-0.2, -0.15) is 0 Å². The number of carbonyl (C=O) groups excluding carboxylic acids is 2. The molecule has 8 nitrogen and oxygen atoms in total. The molecule has 2 fully saturated rings. The van der Waals surface area contributed by atoms with Gasteiger partial charge in [0.1, 0.15) is 0 Å². The maximum Gasteiger partial charge on any atom is 0.269 e. The van der Waals surface area contributed by atoms with Crippen LogP contribution in [0.1, 0.15) is 25.3 Å². The minimum Gasteiger partial charge on any atom is -0.339 e. The topological polar surface area (TPSA) is 87.0 Å².